The second kappa shape index (κ2) is 4.45. The number of carbonyl (C=O) groups excluding carboxylic acids is 1. The summed E-state index contributed by atoms with van der Waals surface area (Å²) in [5.74, 6) is -1.03. The average Bonchev–Trinajstić information content (AvgIpc) is 2.72. The van der Waals surface area contributed by atoms with Gasteiger partial charge < -0.3 is 10.1 Å². The van der Waals surface area contributed by atoms with Crippen LogP contribution >= 0.6 is 0 Å². The van der Waals surface area contributed by atoms with Crippen LogP contribution in [0.1, 0.15) is 5.56 Å². The van der Waals surface area contributed by atoms with E-state index in [-0.39, 0.29) is 11.4 Å². The normalized spacial score (nSPS) is 16.3. The first-order chi connectivity index (χ1) is 9.61. The summed E-state index contributed by atoms with van der Waals surface area (Å²) in [5, 5.41) is 12.4. The van der Waals surface area contributed by atoms with Crippen molar-refractivity contribution in [3.63, 3.8) is 0 Å². The van der Waals surface area contributed by atoms with Gasteiger partial charge in [0.15, 0.2) is 0 Å². The van der Waals surface area contributed by atoms with Gasteiger partial charge in [0.25, 0.3) is 5.71 Å². The van der Waals surface area contributed by atoms with Crippen molar-refractivity contribution < 1.29 is 13.9 Å². The first kappa shape index (κ1) is 12.3. The molecule has 2 aromatic rings. The quantitative estimate of drug-likeness (QED) is 0.454. The number of rotatable bonds is 1. The van der Waals surface area contributed by atoms with Crippen LogP contribution in [0.15, 0.2) is 48.5 Å². The SMILES string of the molecule is CN1C(=O)/C(=[N+](/[O-])c2ccccc2)c2cccc(F)c21. The van der Waals surface area contributed by atoms with Crippen LogP contribution in [0.5, 0.6) is 0 Å². The summed E-state index contributed by atoms with van der Waals surface area (Å²) in [6, 6.07) is 12.7. The average molecular weight is 270 g/mol. The van der Waals surface area contributed by atoms with Gasteiger partial charge >= 0.3 is 5.91 Å². The number of nitrogens with zero attached hydrogens (tertiary/aromatic N) is 2. The third-order valence-corrected chi connectivity index (χ3v) is 3.28. The van der Waals surface area contributed by atoms with Crippen LogP contribution in [0, 0.1) is 11.0 Å². The maximum Gasteiger partial charge on any atom is 0.324 e. The predicted octanol–water partition coefficient (Wildman–Crippen LogP) is 2.43. The molecule has 0 unspecified atom stereocenters. The van der Waals surface area contributed by atoms with Crippen molar-refractivity contribution in [2.75, 3.05) is 11.9 Å². The summed E-state index contributed by atoms with van der Waals surface area (Å²) in [6.07, 6.45) is 0. The Labute approximate surface area is 115 Å². The Morgan fingerprint density at radius 3 is 2.50 bits per heavy atom. The topological polar surface area (TPSA) is 46.4 Å². The molecular weight excluding hydrogens is 259 g/mol. The number of halogens is 1. The van der Waals surface area contributed by atoms with Crippen LogP contribution < -0.4 is 4.90 Å². The van der Waals surface area contributed by atoms with Crippen molar-refractivity contribution in [3.05, 3.63) is 65.1 Å². The maximum absolute atomic E-state index is 13.8. The molecule has 1 amide bonds. The monoisotopic (exact) mass is 270 g/mol. The smallest absolute Gasteiger partial charge is 0.324 e. The van der Waals surface area contributed by atoms with Crippen molar-refractivity contribution in [1.82, 2.24) is 0 Å². The fraction of sp³-hybridized carbons (Fsp3) is 0.0667. The highest BCUT2D eigenvalue weighted by Crippen LogP contribution is 2.31. The van der Waals surface area contributed by atoms with Crippen molar-refractivity contribution in [2.45, 2.75) is 0 Å². The van der Waals surface area contributed by atoms with Crippen LogP contribution in [0.2, 0.25) is 0 Å². The summed E-state index contributed by atoms with van der Waals surface area (Å²) >= 11 is 0. The number of para-hydroxylation sites is 2. The van der Waals surface area contributed by atoms with Crippen molar-refractivity contribution in [3.8, 4) is 0 Å². The van der Waals surface area contributed by atoms with Crippen LogP contribution in [0.3, 0.4) is 0 Å². The minimum absolute atomic E-state index is 0.0619. The van der Waals surface area contributed by atoms with E-state index in [2.05, 4.69) is 0 Å². The summed E-state index contributed by atoms with van der Waals surface area (Å²) in [7, 11) is 1.45. The zero-order chi connectivity index (χ0) is 14.3. The molecule has 0 spiro atoms. The number of hydrogen-bond acceptors (Lipinski definition) is 2. The maximum atomic E-state index is 13.8. The molecule has 0 saturated carbocycles. The fourth-order valence-electron chi connectivity index (χ4n) is 2.31. The van der Waals surface area contributed by atoms with Gasteiger partial charge in [0.05, 0.1) is 11.3 Å². The second-order valence-electron chi connectivity index (χ2n) is 4.48. The molecule has 0 aliphatic carbocycles. The van der Waals surface area contributed by atoms with E-state index in [9.17, 15) is 14.4 Å². The molecule has 2 aromatic carbocycles. The molecule has 0 atom stereocenters. The van der Waals surface area contributed by atoms with E-state index in [4.69, 9.17) is 0 Å². The molecule has 4 nitrogen and oxygen atoms in total. The Morgan fingerprint density at radius 1 is 1.10 bits per heavy atom. The number of anilines is 1. The van der Waals surface area contributed by atoms with E-state index in [0.717, 1.165) is 4.90 Å². The lowest BCUT2D eigenvalue weighted by molar-refractivity contribution is -0.359. The minimum Gasteiger partial charge on any atom is -0.618 e. The first-order valence-electron chi connectivity index (χ1n) is 6.07. The van der Waals surface area contributed by atoms with Crippen molar-refractivity contribution in [2.24, 2.45) is 0 Å². The van der Waals surface area contributed by atoms with Crippen LogP contribution in [0.25, 0.3) is 0 Å². The van der Waals surface area contributed by atoms with Gasteiger partial charge in [-0.05, 0) is 12.1 Å². The molecule has 0 N–H and O–H groups in total. The summed E-state index contributed by atoms with van der Waals surface area (Å²) in [4.78, 5) is 13.4. The minimum atomic E-state index is -0.519. The van der Waals surface area contributed by atoms with Gasteiger partial charge in [0, 0.05) is 19.2 Å². The van der Waals surface area contributed by atoms with Gasteiger partial charge in [-0.1, -0.05) is 24.3 Å². The van der Waals surface area contributed by atoms with E-state index >= 15 is 0 Å². The van der Waals surface area contributed by atoms with Gasteiger partial charge in [-0.2, -0.15) is 4.74 Å². The third-order valence-electron chi connectivity index (χ3n) is 3.28. The molecule has 3 rings (SSSR count). The highest BCUT2D eigenvalue weighted by atomic mass is 19.1. The molecule has 1 heterocycles. The lowest BCUT2D eigenvalue weighted by atomic mass is 10.1. The molecule has 0 bridgehead atoms. The van der Waals surface area contributed by atoms with Gasteiger partial charge in [-0.3, -0.25) is 4.79 Å². The molecule has 0 radical (unpaired) electrons. The summed E-state index contributed by atoms with van der Waals surface area (Å²) < 4.78 is 14.4. The molecule has 0 fully saturated rings. The molecule has 5 heteroatoms. The van der Waals surface area contributed by atoms with Crippen LogP contribution in [-0.4, -0.2) is 23.4 Å². The number of fused-ring (bicyclic) bond motifs is 1. The lowest BCUT2D eigenvalue weighted by Gasteiger charge is -2.08. The van der Waals surface area contributed by atoms with Crippen LogP contribution in [0.4, 0.5) is 15.8 Å². The van der Waals surface area contributed by atoms with Crippen LogP contribution in [-0.2, 0) is 4.79 Å². The number of amides is 1. The lowest BCUT2D eigenvalue weighted by Crippen LogP contribution is -2.29. The molecule has 1 aliphatic heterocycles. The van der Waals surface area contributed by atoms with E-state index < -0.39 is 11.7 Å². The third kappa shape index (κ3) is 1.67. The second-order valence-corrected chi connectivity index (χ2v) is 4.48. The fourth-order valence-corrected chi connectivity index (χ4v) is 2.31. The standard InChI is InChI=1S/C15H11FN2O2/c1-17-13-11(8-5-9-12(13)16)14(15(17)19)18(20)10-6-3-2-4-7-10/h2-9H,1H3/b18-14+. The number of hydrogen-bond donors (Lipinski definition) is 0. The van der Waals surface area contributed by atoms with Crippen molar-refractivity contribution in [1.29, 1.82) is 0 Å². The summed E-state index contributed by atoms with van der Waals surface area (Å²) in [6.45, 7) is 0. The molecule has 1 aliphatic rings. The van der Waals surface area contributed by atoms with Gasteiger partial charge in [-0.25, -0.2) is 4.39 Å². The Morgan fingerprint density at radius 2 is 1.80 bits per heavy atom. The van der Waals surface area contributed by atoms with E-state index in [1.165, 1.54) is 19.2 Å². The molecule has 100 valence electrons. The number of carbonyl (C=O) groups is 1. The van der Waals surface area contributed by atoms with Gasteiger partial charge in [-0.15, -0.1) is 0 Å². The zero-order valence-electron chi connectivity index (χ0n) is 10.7. The van der Waals surface area contributed by atoms with E-state index in [1.807, 2.05) is 0 Å². The van der Waals surface area contributed by atoms with E-state index in [0.29, 0.717) is 16.0 Å². The van der Waals surface area contributed by atoms with Crippen molar-refractivity contribution >= 4 is 23.0 Å². The first-order valence-corrected chi connectivity index (χ1v) is 6.07. The number of benzene rings is 2. The Kier molecular flexibility index (Phi) is 2.75. The Balaban J connectivity index is 2.27. The zero-order valence-corrected chi connectivity index (χ0v) is 10.7. The molecule has 20 heavy (non-hydrogen) atoms. The number of likely N-dealkylation sites (N-methyl/N-ethyl adjacent to an activating group) is 1. The summed E-state index contributed by atoms with van der Waals surface area (Å²) in [5.41, 5.74) is 0.732. The van der Waals surface area contributed by atoms with Gasteiger partial charge in [0.2, 0.25) is 5.69 Å². The highest BCUT2D eigenvalue weighted by Gasteiger charge is 2.39. The highest BCUT2D eigenvalue weighted by molar-refractivity contribution is 6.52. The van der Waals surface area contributed by atoms with E-state index in [1.54, 1.807) is 36.4 Å². The Hall–Kier alpha value is -2.69. The van der Waals surface area contributed by atoms with Gasteiger partial charge in [0.1, 0.15) is 5.82 Å². The molecular formula is C15H11FN2O2. The molecule has 0 aromatic heterocycles. The Bertz CT molecular complexity index is 726. The largest absolute Gasteiger partial charge is 0.618 e. The molecule has 0 saturated heterocycles. The predicted molar refractivity (Wildman–Crippen MR) is 73.6 cm³/mol.